The van der Waals surface area contributed by atoms with Crippen molar-refractivity contribution >= 4 is 5.84 Å². The van der Waals surface area contributed by atoms with Gasteiger partial charge in [-0.05, 0) is 18.6 Å². The number of nitrogens with two attached hydrogens (primary N) is 1. The van der Waals surface area contributed by atoms with Gasteiger partial charge in [0, 0.05) is 12.7 Å². The third-order valence-corrected chi connectivity index (χ3v) is 2.41. The fourth-order valence-electron chi connectivity index (χ4n) is 1.47. The third-order valence-electron chi connectivity index (χ3n) is 2.41. The molecular weight excluding hydrogens is 248 g/mol. The van der Waals surface area contributed by atoms with Crippen molar-refractivity contribution in [3.63, 3.8) is 0 Å². The summed E-state index contributed by atoms with van der Waals surface area (Å²) in [6.45, 7) is 3.62. The summed E-state index contributed by atoms with van der Waals surface area (Å²) in [5.74, 6) is 1.13. The summed E-state index contributed by atoms with van der Waals surface area (Å²) >= 11 is 0. The van der Waals surface area contributed by atoms with Gasteiger partial charge in [-0.3, -0.25) is 0 Å². The molecule has 0 fully saturated rings. The van der Waals surface area contributed by atoms with Crippen LogP contribution >= 0.6 is 0 Å². The van der Waals surface area contributed by atoms with Crippen LogP contribution in [0.1, 0.15) is 18.9 Å². The number of oxime groups is 1. The molecule has 0 bridgehead atoms. The van der Waals surface area contributed by atoms with Crippen LogP contribution in [-0.4, -0.2) is 38.0 Å². The monoisotopic (exact) mass is 268 g/mol. The van der Waals surface area contributed by atoms with Crippen molar-refractivity contribution in [1.82, 2.24) is 0 Å². The molecule has 0 aliphatic rings. The third kappa shape index (κ3) is 4.67. The first-order chi connectivity index (χ1) is 9.22. The Morgan fingerprint density at radius 3 is 2.74 bits per heavy atom. The van der Waals surface area contributed by atoms with Gasteiger partial charge in [0.1, 0.15) is 18.1 Å². The summed E-state index contributed by atoms with van der Waals surface area (Å²) in [5, 5.41) is 11.7. The van der Waals surface area contributed by atoms with Gasteiger partial charge in [0.25, 0.3) is 0 Å². The van der Waals surface area contributed by atoms with E-state index in [-0.39, 0.29) is 5.84 Å². The maximum absolute atomic E-state index is 8.73. The molecule has 0 radical (unpaired) electrons. The van der Waals surface area contributed by atoms with Crippen molar-refractivity contribution in [3.05, 3.63) is 23.8 Å². The lowest BCUT2D eigenvalue weighted by Crippen LogP contribution is -2.16. The molecule has 1 aromatic carbocycles. The Hall–Kier alpha value is -1.95. The molecule has 19 heavy (non-hydrogen) atoms. The standard InChI is InChI=1S/C13H20N2O4/c1-3-6-18-7-8-19-12-9-10(17-2)4-5-11(12)13(14)15-16/h4-5,9,16H,3,6-8H2,1-2H3,(H2,14,15). The zero-order chi connectivity index (χ0) is 14.1. The summed E-state index contributed by atoms with van der Waals surface area (Å²) < 4.78 is 16.0. The number of ether oxygens (including phenoxy) is 3. The van der Waals surface area contributed by atoms with Gasteiger partial charge in [-0.1, -0.05) is 12.1 Å². The molecule has 3 N–H and O–H groups in total. The molecule has 106 valence electrons. The van der Waals surface area contributed by atoms with Gasteiger partial charge in [-0.2, -0.15) is 0 Å². The maximum atomic E-state index is 8.73. The van der Waals surface area contributed by atoms with Crippen LogP contribution in [0.4, 0.5) is 0 Å². The van der Waals surface area contributed by atoms with E-state index in [2.05, 4.69) is 5.16 Å². The average Bonchev–Trinajstić information content (AvgIpc) is 2.46. The molecule has 0 unspecified atom stereocenters. The number of nitrogens with zero attached hydrogens (tertiary/aromatic N) is 1. The summed E-state index contributed by atoms with van der Waals surface area (Å²) in [4.78, 5) is 0. The van der Waals surface area contributed by atoms with E-state index >= 15 is 0 Å². The molecule has 0 amide bonds. The first-order valence-corrected chi connectivity index (χ1v) is 6.09. The fraction of sp³-hybridized carbons (Fsp3) is 0.462. The van der Waals surface area contributed by atoms with E-state index in [9.17, 15) is 0 Å². The Morgan fingerprint density at radius 2 is 2.11 bits per heavy atom. The van der Waals surface area contributed by atoms with Gasteiger partial charge in [-0.25, -0.2) is 0 Å². The Morgan fingerprint density at radius 1 is 1.32 bits per heavy atom. The lowest BCUT2D eigenvalue weighted by molar-refractivity contribution is 0.100. The molecule has 0 spiro atoms. The molecule has 0 heterocycles. The van der Waals surface area contributed by atoms with Gasteiger partial charge in [0.15, 0.2) is 5.84 Å². The summed E-state index contributed by atoms with van der Waals surface area (Å²) in [7, 11) is 1.56. The number of hydrogen-bond acceptors (Lipinski definition) is 5. The Kier molecular flexibility index (Phi) is 6.52. The SMILES string of the molecule is CCCOCCOc1cc(OC)ccc1/C(N)=N/O. The van der Waals surface area contributed by atoms with Crippen LogP contribution in [0, 0.1) is 0 Å². The molecule has 0 saturated heterocycles. The first-order valence-electron chi connectivity index (χ1n) is 6.09. The molecule has 0 aliphatic heterocycles. The van der Waals surface area contributed by atoms with Gasteiger partial charge < -0.3 is 25.2 Å². The largest absolute Gasteiger partial charge is 0.497 e. The smallest absolute Gasteiger partial charge is 0.173 e. The number of amidine groups is 1. The number of benzene rings is 1. The predicted octanol–water partition coefficient (Wildman–Crippen LogP) is 1.60. The summed E-state index contributed by atoms with van der Waals surface area (Å²) in [5.41, 5.74) is 6.10. The second-order valence-corrected chi connectivity index (χ2v) is 3.81. The van der Waals surface area contributed by atoms with Gasteiger partial charge in [0.2, 0.25) is 0 Å². The van der Waals surface area contributed by atoms with Crippen LogP contribution in [0.5, 0.6) is 11.5 Å². The highest BCUT2D eigenvalue weighted by Gasteiger charge is 2.10. The minimum absolute atomic E-state index is 0.00729. The van der Waals surface area contributed by atoms with Crippen molar-refractivity contribution in [1.29, 1.82) is 0 Å². The van der Waals surface area contributed by atoms with Crippen LogP contribution < -0.4 is 15.2 Å². The van der Waals surface area contributed by atoms with Gasteiger partial charge in [0.05, 0.1) is 19.3 Å². The topological polar surface area (TPSA) is 86.3 Å². The van der Waals surface area contributed by atoms with E-state index < -0.39 is 0 Å². The van der Waals surface area contributed by atoms with Crippen LogP contribution in [0.25, 0.3) is 0 Å². The Balaban J connectivity index is 2.72. The van der Waals surface area contributed by atoms with Gasteiger partial charge in [-0.15, -0.1) is 0 Å². The Bertz CT molecular complexity index is 421. The van der Waals surface area contributed by atoms with E-state index in [0.29, 0.717) is 36.9 Å². The van der Waals surface area contributed by atoms with Crippen LogP contribution in [0.2, 0.25) is 0 Å². The lowest BCUT2D eigenvalue weighted by atomic mass is 10.2. The highest BCUT2D eigenvalue weighted by molar-refractivity contribution is 5.99. The van der Waals surface area contributed by atoms with Crippen molar-refractivity contribution in [3.8, 4) is 11.5 Å². The molecule has 1 rings (SSSR count). The van der Waals surface area contributed by atoms with E-state index in [1.807, 2.05) is 6.92 Å². The van der Waals surface area contributed by atoms with E-state index in [0.717, 1.165) is 6.42 Å². The molecule has 1 aromatic rings. The molecule has 0 saturated carbocycles. The molecule has 0 atom stereocenters. The van der Waals surface area contributed by atoms with Crippen LogP contribution in [-0.2, 0) is 4.74 Å². The van der Waals surface area contributed by atoms with E-state index in [1.54, 1.807) is 25.3 Å². The average molecular weight is 268 g/mol. The summed E-state index contributed by atoms with van der Waals surface area (Å²) in [6.07, 6.45) is 0.967. The molecule has 6 nitrogen and oxygen atoms in total. The fourth-order valence-corrected chi connectivity index (χ4v) is 1.47. The minimum Gasteiger partial charge on any atom is -0.497 e. The second kappa shape index (κ2) is 8.20. The normalized spacial score (nSPS) is 11.4. The highest BCUT2D eigenvalue weighted by atomic mass is 16.5. The summed E-state index contributed by atoms with van der Waals surface area (Å²) in [6, 6.07) is 5.08. The van der Waals surface area contributed by atoms with Gasteiger partial charge >= 0.3 is 0 Å². The quantitative estimate of drug-likeness (QED) is 0.246. The van der Waals surface area contributed by atoms with Crippen LogP contribution in [0.3, 0.4) is 0 Å². The molecule has 0 aromatic heterocycles. The zero-order valence-corrected chi connectivity index (χ0v) is 11.3. The highest BCUT2D eigenvalue weighted by Crippen LogP contribution is 2.24. The minimum atomic E-state index is -0.00729. The zero-order valence-electron chi connectivity index (χ0n) is 11.3. The predicted molar refractivity (Wildman–Crippen MR) is 72.1 cm³/mol. The number of methoxy groups -OCH3 is 1. The van der Waals surface area contributed by atoms with Crippen molar-refractivity contribution in [2.45, 2.75) is 13.3 Å². The lowest BCUT2D eigenvalue weighted by Gasteiger charge is -2.12. The number of rotatable bonds is 8. The van der Waals surface area contributed by atoms with Crippen molar-refractivity contribution in [2.75, 3.05) is 26.9 Å². The molecule has 0 aliphatic carbocycles. The Labute approximate surface area is 112 Å². The maximum Gasteiger partial charge on any atom is 0.173 e. The van der Waals surface area contributed by atoms with E-state index in [1.165, 1.54) is 0 Å². The van der Waals surface area contributed by atoms with Crippen LogP contribution in [0.15, 0.2) is 23.4 Å². The van der Waals surface area contributed by atoms with Crippen molar-refractivity contribution < 1.29 is 19.4 Å². The van der Waals surface area contributed by atoms with Crippen molar-refractivity contribution in [2.24, 2.45) is 10.9 Å². The number of hydrogen-bond donors (Lipinski definition) is 2. The molecular formula is C13H20N2O4. The second-order valence-electron chi connectivity index (χ2n) is 3.81. The first kappa shape index (κ1) is 15.1. The van der Waals surface area contributed by atoms with E-state index in [4.69, 9.17) is 25.2 Å². The molecule has 6 heteroatoms.